The lowest BCUT2D eigenvalue weighted by Gasteiger charge is -2.15. The highest BCUT2D eigenvalue weighted by atomic mass is 16.3. The molecule has 0 saturated heterocycles. The standard InChI is InChI=1S/C13H18N4O/c1-3-7-17-12(9-15-16-17)13(18)11-5-6-14-8-10(11)4-2/h5-6,8-9,13,18H,3-4,7H2,1-2H3. The number of aryl methyl sites for hydroxylation is 2. The first-order chi connectivity index (χ1) is 8.77. The minimum Gasteiger partial charge on any atom is -0.382 e. The van der Waals surface area contributed by atoms with Crippen molar-refractivity contribution in [1.82, 2.24) is 20.0 Å². The number of hydrogen-bond acceptors (Lipinski definition) is 4. The van der Waals surface area contributed by atoms with Gasteiger partial charge in [0.15, 0.2) is 0 Å². The van der Waals surface area contributed by atoms with Crippen molar-refractivity contribution in [3.05, 3.63) is 41.5 Å². The van der Waals surface area contributed by atoms with Crippen molar-refractivity contribution < 1.29 is 5.11 Å². The second-order valence-corrected chi connectivity index (χ2v) is 4.21. The summed E-state index contributed by atoms with van der Waals surface area (Å²) in [6.45, 7) is 4.88. The van der Waals surface area contributed by atoms with E-state index in [1.54, 1.807) is 23.3 Å². The smallest absolute Gasteiger partial charge is 0.123 e. The van der Waals surface area contributed by atoms with Crippen LogP contribution >= 0.6 is 0 Å². The van der Waals surface area contributed by atoms with Crippen LogP contribution in [0.1, 0.15) is 43.2 Å². The number of rotatable bonds is 5. The fourth-order valence-corrected chi connectivity index (χ4v) is 2.02. The lowest BCUT2D eigenvalue weighted by atomic mass is 10.0. The number of pyridine rings is 1. The third-order valence-electron chi connectivity index (χ3n) is 2.98. The highest BCUT2D eigenvalue weighted by Gasteiger charge is 2.18. The lowest BCUT2D eigenvalue weighted by Crippen LogP contribution is -2.11. The number of aromatic nitrogens is 4. The van der Waals surface area contributed by atoms with Crippen LogP contribution in [0.25, 0.3) is 0 Å². The van der Waals surface area contributed by atoms with Crippen LogP contribution in [0.2, 0.25) is 0 Å². The Labute approximate surface area is 106 Å². The van der Waals surface area contributed by atoms with Crippen molar-refractivity contribution in [2.24, 2.45) is 0 Å². The van der Waals surface area contributed by atoms with Gasteiger partial charge in [0.1, 0.15) is 6.10 Å². The average Bonchev–Trinajstić information content (AvgIpc) is 2.86. The van der Waals surface area contributed by atoms with Crippen LogP contribution in [0.4, 0.5) is 0 Å². The molecule has 0 saturated carbocycles. The monoisotopic (exact) mass is 246 g/mol. The summed E-state index contributed by atoms with van der Waals surface area (Å²) in [6.07, 6.45) is 6.23. The van der Waals surface area contributed by atoms with E-state index >= 15 is 0 Å². The predicted octanol–water partition coefficient (Wildman–Crippen LogP) is 1.73. The summed E-state index contributed by atoms with van der Waals surface area (Å²) in [5, 5.41) is 18.4. The summed E-state index contributed by atoms with van der Waals surface area (Å²) in [7, 11) is 0. The van der Waals surface area contributed by atoms with E-state index in [9.17, 15) is 5.11 Å². The molecule has 0 radical (unpaired) electrons. The minimum absolute atomic E-state index is 0.690. The largest absolute Gasteiger partial charge is 0.382 e. The van der Waals surface area contributed by atoms with Gasteiger partial charge in [0, 0.05) is 18.9 Å². The molecule has 2 heterocycles. The first-order valence-corrected chi connectivity index (χ1v) is 6.27. The normalized spacial score (nSPS) is 12.6. The average molecular weight is 246 g/mol. The molecule has 96 valence electrons. The fourth-order valence-electron chi connectivity index (χ4n) is 2.02. The molecule has 2 aromatic rings. The summed E-state index contributed by atoms with van der Waals surface area (Å²) in [6, 6.07) is 1.85. The van der Waals surface area contributed by atoms with Crippen molar-refractivity contribution in [3.63, 3.8) is 0 Å². The maximum absolute atomic E-state index is 10.5. The van der Waals surface area contributed by atoms with E-state index in [1.165, 1.54) is 0 Å². The van der Waals surface area contributed by atoms with Crippen molar-refractivity contribution >= 4 is 0 Å². The van der Waals surface area contributed by atoms with Crippen LogP contribution in [-0.2, 0) is 13.0 Å². The Kier molecular flexibility index (Phi) is 4.04. The molecule has 18 heavy (non-hydrogen) atoms. The topological polar surface area (TPSA) is 63.8 Å². The highest BCUT2D eigenvalue weighted by Crippen LogP contribution is 2.24. The van der Waals surface area contributed by atoms with Gasteiger partial charge < -0.3 is 5.11 Å². The molecule has 0 aliphatic carbocycles. The van der Waals surface area contributed by atoms with E-state index in [1.807, 2.05) is 6.07 Å². The van der Waals surface area contributed by atoms with E-state index < -0.39 is 6.10 Å². The van der Waals surface area contributed by atoms with Crippen LogP contribution in [0.15, 0.2) is 24.7 Å². The number of nitrogens with zero attached hydrogens (tertiary/aromatic N) is 4. The molecule has 1 atom stereocenters. The van der Waals surface area contributed by atoms with Crippen molar-refractivity contribution in [2.75, 3.05) is 0 Å². The zero-order valence-corrected chi connectivity index (χ0v) is 10.7. The van der Waals surface area contributed by atoms with Gasteiger partial charge in [-0.25, -0.2) is 4.68 Å². The van der Waals surface area contributed by atoms with Gasteiger partial charge in [0.2, 0.25) is 0 Å². The quantitative estimate of drug-likeness (QED) is 0.872. The fraction of sp³-hybridized carbons (Fsp3) is 0.462. The van der Waals surface area contributed by atoms with Crippen molar-refractivity contribution in [3.8, 4) is 0 Å². The molecule has 5 nitrogen and oxygen atoms in total. The van der Waals surface area contributed by atoms with Gasteiger partial charge in [0.05, 0.1) is 11.9 Å². The third-order valence-corrected chi connectivity index (χ3v) is 2.98. The molecule has 2 aromatic heterocycles. The predicted molar refractivity (Wildman–Crippen MR) is 68.0 cm³/mol. The molecule has 0 aliphatic rings. The Morgan fingerprint density at radius 3 is 2.89 bits per heavy atom. The zero-order chi connectivity index (χ0) is 13.0. The number of aliphatic hydroxyl groups excluding tert-OH is 1. The van der Waals surface area contributed by atoms with E-state index in [-0.39, 0.29) is 0 Å². The first-order valence-electron chi connectivity index (χ1n) is 6.27. The van der Waals surface area contributed by atoms with Gasteiger partial charge in [0.25, 0.3) is 0 Å². The molecule has 0 amide bonds. The van der Waals surface area contributed by atoms with E-state index in [2.05, 4.69) is 29.1 Å². The van der Waals surface area contributed by atoms with Crippen LogP contribution in [0.5, 0.6) is 0 Å². The van der Waals surface area contributed by atoms with Crippen LogP contribution in [0.3, 0.4) is 0 Å². The van der Waals surface area contributed by atoms with E-state index in [4.69, 9.17) is 0 Å². The van der Waals surface area contributed by atoms with Gasteiger partial charge in [-0.05, 0) is 30.0 Å². The molecule has 0 bridgehead atoms. The molecule has 2 rings (SSSR count). The van der Waals surface area contributed by atoms with Crippen LogP contribution in [-0.4, -0.2) is 25.1 Å². The Morgan fingerprint density at radius 2 is 2.17 bits per heavy atom. The van der Waals surface area contributed by atoms with E-state index in [0.29, 0.717) is 0 Å². The Balaban J connectivity index is 2.35. The molecule has 1 N–H and O–H groups in total. The van der Waals surface area contributed by atoms with Gasteiger partial charge in [-0.2, -0.15) is 0 Å². The summed E-state index contributed by atoms with van der Waals surface area (Å²) in [5.41, 5.74) is 2.67. The molecular formula is C13H18N4O. The second kappa shape index (κ2) is 5.73. The van der Waals surface area contributed by atoms with Crippen LogP contribution in [0, 0.1) is 0 Å². The molecule has 0 spiro atoms. The highest BCUT2D eigenvalue weighted by molar-refractivity contribution is 5.30. The van der Waals surface area contributed by atoms with Gasteiger partial charge in [-0.1, -0.05) is 19.1 Å². The summed E-state index contributed by atoms with van der Waals surface area (Å²) in [4.78, 5) is 4.09. The number of aliphatic hydroxyl groups is 1. The molecular weight excluding hydrogens is 228 g/mol. The van der Waals surface area contributed by atoms with Crippen molar-refractivity contribution in [2.45, 2.75) is 39.3 Å². The summed E-state index contributed by atoms with van der Waals surface area (Å²) in [5.74, 6) is 0. The zero-order valence-electron chi connectivity index (χ0n) is 10.7. The van der Waals surface area contributed by atoms with Crippen LogP contribution < -0.4 is 0 Å². The Hall–Kier alpha value is -1.75. The Morgan fingerprint density at radius 1 is 1.33 bits per heavy atom. The first kappa shape index (κ1) is 12.7. The van der Waals surface area contributed by atoms with Crippen molar-refractivity contribution in [1.29, 1.82) is 0 Å². The molecule has 0 aromatic carbocycles. The molecule has 1 unspecified atom stereocenters. The summed E-state index contributed by atoms with van der Waals surface area (Å²) >= 11 is 0. The molecule has 5 heteroatoms. The number of hydrogen-bond donors (Lipinski definition) is 1. The van der Waals surface area contributed by atoms with Gasteiger partial charge in [-0.3, -0.25) is 4.98 Å². The maximum atomic E-state index is 10.5. The maximum Gasteiger partial charge on any atom is 0.123 e. The Bertz CT molecular complexity index is 509. The molecule has 0 aliphatic heterocycles. The van der Waals surface area contributed by atoms with E-state index in [0.717, 1.165) is 36.2 Å². The van der Waals surface area contributed by atoms with Gasteiger partial charge >= 0.3 is 0 Å². The SMILES string of the molecule is CCCn1nncc1C(O)c1ccncc1CC. The lowest BCUT2D eigenvalue weighted by molar-refractivity contribution is 0.206. The minimum atomic E-state index is -0.690. The third kappa shape index (κ3) is 2.41. The molecule has 0 fully saturated rings. The summed E-state index contributed by atoms with van der Waals surface area (Å²) < 4.78 is 1.75. The second-order valence-electron chi connectivity index (χ2n) is 4.21. The van der Waals surface area contributed by atoms with Gasteiger partial charge in [-0.15, -0.1) is 5.10 Å².